The number of hydrogen-bond acceptors (Lipinski definition) is 8. The molecule has 184 valence electrons. The van der Waals surface area contributed by atoms with Gasteiger partial charge in [-0.2, -0.15) is 4.39 Å². The molecule has 33 heavy (non-hydrogen) atoms. The van der Waals surface area contributed by atoms with Crippen molar-refractivity contribution in [2.45, 2.75) is 65.0 Å². The van der Waals surface area contributed by atoms with Crippen molar-refractivity contribution in [1.82, 2.24) is 25.4 Å². The summed E-state index contributed by atoms with van der Waals surface area (Å²) in [7, 11) is 2.04. The first-order valence-corrected chi connectivity index (χ1v) is 11.7. The molecule has 1 saturated carbocycles. The average molecular weight is 466 g/mol. The Hall–Kier alpha value is -2.53. The summed E-state index contributed by atoms with van der Waals surface area (Å²) in [6.07, 6.45) is 5.10. The van der Waals surface area contributed by atoms with Gasteiger partial charge in [0.05, 0.1) is 12.5 Å². The third-order valence-corrected chi connectivity index (χ3v) is 6.81. The zero-order chi connectivity index (χ0) is 24.1. The SMILES string of the molecule is Cc1nc(NNC(=O)[C@H](CC2CCCC2)CN(O)C=O)c(F)c(N2C[C@@H](C)N(C)C[C@@H]2C)n1. The molecule has 2 heterocycles. The van der Waals surface area contributed by atoms with Crippen LogP contribution in [-0.4, -0.2) is 76.2 Å². The van der Waals surface area contributed by atoms with Crippen LogP contribution in [0.4, 0.5) is 16.0 Å². The fourth-order valence-electron chi connectivity index (χ4n) is 4.82. The van der Waals surface area contributed by atoms with Gasteiger partial charge in [0.2, 0.25) is 18.1 Å². The second-order valence-electron chi connectivity index (χ2n) is 9.47. The van der Waals surface area contributed by atoms with Crippen LogP contribution >= 0.6 is 0 Å². The molecule has 3 atom stereocenters. The highest BCUT2D eigenvalue weighted by molar-refractivity contribution is 5.80. The van der Waals surface area contributed by atoms with Crippen LogP contribution in [0.15, 0.2) is 0 Å². The van der Waals surface area contributed by atoms with Gasteiger partial charge in [-0.15, -0.1) is 0 Å². The van der Waals surface area contributed by atoms with Crippen LogP contribution in [0.3, 0.4) is 0 Å². The number of halogens is 1. The minimum absolute atomic E-state index is 0.0621. The molecule has 11 heteroatoms. The zero-order valence-electron chi connectivity index (χ0n) is 19.9. The van der Waals surface area contributed by atoms with Crippen molar-refractivity contribution in [2.24, 2.45) is 11.8 Å². The number of nitrogens with zero attached hydrogens (tertiary/aromatic N) is 5. The number of carbonyl (C=O) groups is 2. The molecule has 10 nitrogen and oxygen atoms in total. The molecule has 1 saturated heterocycles. The lowest BCUT2D eigenvalue weighted by molar-refractivity contribution is -0.154. The van der Waals surface area contributed by atoms with Gasteiger partial charge in [0.15, 0.2) is 11.6 Å². The van der Waals surface area contributed by atoms with E-state index in [0.29, 0.717) is 29.8 Å². The first-order chi connectivity index (χ1) is 15.7. The second kappa shape index (κ2) is 11.1. The van der Waals surface area contributed by atoms with E-state index < -0.39 is 17.6 Å². The topological polar surface area (TPSA) is 114 Å². The van der Waals surface area contributed by atoms with Gasteiger partial charge in [-0.05, 0) is 40.2 Å². The first kappa shape index (κ1) is 25.1. The number of anilines is 2. The molecule has 1 aromatic rings. The van der Waals surface area contributed by atoms with E-state index in [1.165, 1.54) is 0 Å². The normalized spacial score (nSPS) is 22.8. The molecule has 3 N–H and O–H groups in total. The van der Waals surface area contributed by atoms with Crippen LogP contribution in [0.2, 0.25) is 0 Å². The van der Waals surface area contributed by atoms with Crippen molar-refractivity contribution in [3.05, 3.63) is 11.6 Å². The Kier molecular flexibility index (Phi) is 8.41. The van der Waals surface area contributed by atoms with Gasteiger partial charge >= 0.3 is 0 Å². The molecule has 3 rings (SSSR count). The number of amides is 2. The third-order valence-electron chi connectivity index (χ3n) is 6.81. The Balaban J connectivity index is 1.72. The van der Waals surface area contributed by atoms with E-state index in [0.717, 1.165) is 32.2 Å². The summed E-state index contributed by atoms with van der Waals surface area (Å²) in [6, 6.07) is 0.301. The lowest BCUT2D eigenvalue weighted by Gasteiger charge is -2.43. The van der Waals surface area contributed by atoms with Crippen LogP contribution in [0.1, 0.15) is 51.8 Å². The number of nitrogens with one attached hydrogen (secondary N) is 2. The fraction of sp³-hybridized carbons (Fsp3) is 0.727. The standard InChI is InChI=1S/C22H36FN7O3/c1-14-11-30(15(2)10-28(14)4)21-19(23)20(24-16(3)25-21)26-27-22(32)18(12-29(33)13-31)9-17-7-5-6-8-17/h13-15,17-18,33H,5-12H2,1-4H3,(H,27,32)(H,24,25,26)/t14-,15+,18-/m1/s1. The number of rotatable bonds is 9. The Labute approximate surface area is 194 Å². The number of aromatic nitrogens is 2. The number of hydroxylamine groups is 2. The van der Waals surface area contributed by atoms with Crippen LogP contribution in [0.5, 0.6) is 0 Å². The molecule has 2 fully saturated rings. The van der Waals surface area contributed by atoms with Crippen LogP contribution in [0, 0.1) is 24.6 Å². The Morgan fingerprint density at radius 2 is 1.97 bits per heavy atom. The van der Waals surface area contributed by atoms with Gasteiger partial charge in [0, 0.05) is 25.2 Å². The molecule has 0 unspecified atom stereocenters. The summed E-state index contributed by atoms with van der Waals surface area (Å²) in [4.78, 5) is 36.4. The minimum Gasteiger partial charge on any atom is -0.348 e. The van der Waals surface area contributed by atoms with Gasteiger partial charge in [-0.25, -0.2) is 15.0 Å². The van der Waals surface area contributed by atoms with Crippen LogP contribution in [-0.2, 0) is 9.59 Å². The summed E-state index contributed by atoms with van der Waals surface area (Å²) in [5, 5.41) is 10.1. The monoisotopic (exact) mass is 465 g/mol. The van der Waals surface area contributed by atoms with Crippen molar-refractivity contribution >= 4 is 24.0 Å². The Morgan fingerprint density at radius 1 is 1.27 bits per heavy atom. The lowest BCUT2D eigenvalue weighted by atomic mass is 9.92. The van der Waals surface area contributed by atoms with Gasteiger partial charge in [-0.1, -0.05) is 25.7 Å². The smallest absolute Gasteiger partial charge is 0.243 e. The molecular formula is C22H36FN7O3. The van der Waals surface area contributed by atoms with E-state index in [2.05, 4.69) is 32.6 Å². The van der Waals surface area contributed by atoms with E-state index in [1.807, 2.05) is 18.9 Å². The molecule has 2 amide bonds. The van der Waals surface area contributed by atoms with Crippen molar-refractivity contribution in [3.8, 4) is 0 Å². The van der Waals surface area contributed by atoms with Crippen molar-refractivity contribution in [1.29, 1.82) is 0 Å². The second-order valence-corrected chi connectivity index (χ2v) is 9.47. The maximum Gasteiger partial charge on any atom is 0.243 e. The van der Waals surface area contributed by atoms with E-state index in [-0.39, 0.29) is 36.7 Å². The van der Waals surface area contributed by atoms with Gasteiger partial charge in [0.25, 0.3) is 0 Å². The minimum atomic E-state index is -0.631. The summed E-state index contributed by atoms with van der Waals surface area (Å²) in [5.41, 5.74) is 5.14. The van der Waals surface area contributed by atoms with E-state index in [1.54, 1.807) is 6.92 Å². The predicted molar refractivity (Wildman–Crippen MR) is 122 cm³/mol. The summed E-state index contributed by atoms with van der Waals surface area (Å²) in [5.74, 6) is -0.842. The van der Waals surface area contributed by atoms with Gasteiger partial charge in [-0.3, -0.25) is 30.5 Å². The summed E-state index contributed by atoms with van der Waals surface area (Å²) in [6.45, 7) is 7.06. The number of likely N-dealkylation sites (N-methyl/N-ethyl adjacent to an activating group) is 1. The number of carbonyl (C=O) groups excluding carboxylic acids is 2. The van der Waals surface area contributed by atoms with Crippen molar-refractivity contribution < 1.29 is 19.2 Å². The fourth-order valence-corrected chi connectivity index (χ4v) is 4.82. The predicted octanol–water partition coefficient (Wildman–Crippen LogP) is 1.94. The molecule has 1 aromatic heterocycles. The van der Waals surface area contributed by atoms with Crippen LogP contribution < -0.4 is 15.8 Å². The molecule has 0 radical (unpaired) electrons. The van der Waals surface area contributed by atoms with Crippen molar-refractivity contribution in [3.63, 3.8) is 0 Å². The maximum atomic E-state index is 15.4. The molecule has 0 aromatic carbocycles. The molecule has 0 bridgehead atoms. The average Bonchev–Trinajstić information content (AvgIpc) is 3.29. The van der Waals surface area contributed by atoms with Gasteiger partial charge < -0.3 is 4.90 Å². The Morgan fingerprint density at radius 3 is 2.64 bits per heavy atom. The third kappa shape index (κ3) is 6.29. The number of hydrogen-bond donors (Lipinski definition) is 3. The van der Waals surface area contributed by atoms with E-state index in [4.69, 9.17) is 0 Å². The molecule has 2 aliphatic rings. The largest absolute Gasteiger partial charge is 0.348 e. The highest BCUT2D eigenvalue weighted by Crippen LogP contribution is 2.31. The van der Waals surface area contributed by atoms with E-state index in [9.17, 15) is 14.8 Å². The lowest BCUT2D eigenvalue weighted by Crippen LogP contribution is -2.55. The number of piperazine rings is 1. The zero-order valence-corrected chi connectivity index (χ0v) is 19.9. The van der Waals surface area contributed by atoms with Gasteiger partial charge in [0.1, 0.15) is 5.82 Å². The van der Waals surface area contributed by atoms with E-state index >= 15 is 4.39 Å². The molecule has 0 spiro atoms. The molecular weight excluding hydrogens is 429 g/mol. The Bertz CT molecular complexity index is 836. The van der Waals surface area contributed by atoms with Crippen LogP contribution in [0.25, 0.3) is 0 Å². The number of hydrazine groups is 1. The molecule has 1 aliphatic heterocycles. The summed E-state index contributed by atoms with van der Waals surface area (Å²) >= 11 is 0. The first-order valence-electron chi connectivity index (χ1n) is 11.7. The maximum absolute atomic E-state index is 15.4. The van der Waals surface area contributed by atoms with Crippen molar-refractivity contribution in [2.75, 3.05) is 37.0 Å². The number of aryl methyl sites for hydroxylation is 1. The summed E-state index contributed by atoms with van der Waals surface area (Å²) < 4.78 is 15.4. The highest BCUT2D eigenvalue weighted by Gasteiger charge is 2.31. The quantitative estimate of drug-likeness (QED) is 0.288. The molecule has 1 aliphatic carbocycles. The highest BCUT2D eigenvalue weighted by atomic mass is 19.1.